The second-order valence-corrected chi connectivity index (χ2v) is 7.97. The zero-order valence-corrected chi connectivity index (χ0v) is 15.0. The molecule has 3 aromatic heterocycles. The lowest BCUT2D eigenvalue weighted by atomic mass is 10.3. The number of thiazole rings is 1. The summed E-state index contributed by atoms with van der Waals surface area (Å²) in [4.78, 5) is 20.3. The minimum Gasteiger partial charge on any atom is -0.376 e. The number of aromatic nitrogens is 1. The predicted octanol–water partition coefficient (Wildman–Crippen LogP) is 3.95. The number of anilines is 1. The number of nitrogens with one attached hydrogen (secondary N) is 1. The van der Waals surface area contributed by atoms with Gasteiger partial charge in [0.25, 0.3) is 5.91 Å². The van der Waals surface area contributed by atoms with E-state index in [4.69, 9.17) is 9.47 Å². The first-order chi connectivity index (χ1) is 11.8. The molecule has 5 nitrogen and oxygen atoms in total. The first kappa shape index (κ1) is 15.9. The van der Waals surface area contributed by atoms with Crippen LogP contribution in [0.5, 0.6) is 0 Å². The number of hydrogen-bond acceptors (Lipinski definition) is 7. The van der Waals surface area contributed by atoms with E-state index in [9.17, 15) is 4.79 Å². The highest BCUT2D eigenvalue weighted by molar-refractivity contribution is 7.24. The summed E-state index contributed by atoms with van der Waals surface area (Å²) in [5.41, 5.74) is 0.911. The molecule has 0 aliphatic carbocycles. The summed E-state index contributed by atoms with van der Waals surface area (Å²) in [5, 5.41) is 7.52. The summed E-state index contributed by atoms with van der Waals surface area (Å²) < 4.78 is 10.7. The van der Waals surface area contributed by atoms with E-state index in [1.54, 1.807) is 22.7 Å². The Kier molecular flexibility index (Phi) is 4.72. The summed E-state index contributed by atoms with van der Waals surface area (Å²) in [7, 11) is 0. The van der Waals surface area contributed by atoms with Crippen molar-refractivity contribution in [3.8, 4) is 20.3 Å². The molecule has 4 heterocycles. The Morgan fingerprint density at radius 3 is 2.62 bits per heavy atom. The molecule has 1 atom stereocenters. The summed E-state index contributed by atoms with van der Waals surface area (Å²) in [5.74, 6) is -0.209. The van der Waals surface area contributed by atoms with Gasteiger partial charge in [0, 0.05) is 4.88 Å². The van der Waals surface area contributed by atoms with Crippen LogP contribution in [0.15, 0.2) is 35.0 Å². The summed E-state index contributed by atoms with van der Waals surface area (Å²) in [6, 6.07) is 8.13. The average molecular weight is 379 g/mol. The number of thiophene rings is 2. The van der Waals surface area contributed by atoms with Crippen molar-refractivity contribution in [1.82, 2.24) is 4.98 Å². The average Bonchev–Trinajstić information content (AvgIpc) is 3.36. The van der Waals surface area contributed by atoms with Gasteiger partial charge in [-0.3, -0.25) is 10.1 Å². The predicted molar refractivity (Wildman–Crippen MR) is 97.9 cm³/mol. The third kappa shape index (κ3) is 3.28. The second-order valence-electron chi connectivity index (χ2n) is 5.07. The summed E-state index contributed by atoms with van der Waals surface area (Å²) >= 11 is 4.79. The van der Waals surface area contributed by atoms with Gasteiger partial charge in [0.1, 0.15) is 5.69 Å². The molecule has 1 aliphatic rings. The highest BCUT2D eigenvalue weighted by Gasteiger charge is 2.25. The molecule has 1 aliphatic heterocycles. The molecule has 0 spiro atoms. The standard InChI is InChI=1S/C16H14N2O3S3/c19-15(10-9-20-5-6-21-10)18-16-17-13(11-3-1-7-22-11)14(24-16)12-4-2-8-23-12/h1-4,7-8,10H,5-6,9H2,(H,17,18,19)/t10-/m1/s1. The van der Waals surface area contributed by atoms with Crippen LogP contribution in [-0.4, -0.2) is 36.8 Å². The van der Waals surface area contributed by atoms with Crippen molar-refractivity contribution in [3.63, 3.8) is 0 Å². The summed E-state index contributed by atoms with van der Waals surface area (Å²) in [6.45, 7) is 1.26. The molecule has 1 saturated heterocycles. The molecule has 1 N–H and O–H groups in total. The normalized spacial score (nSPS) is 17.8. The molecular weight excluding hydrogens is 364 g/mol. The molecule has 1 fully saturated rings. The van der Waals surface area contributed by atoms with Crippen LogP contribution in [0.2, 0.25) is 0 Å². The Morgan fingerprint density at radius 1 is 1.17 bits per heavy atom. The maximum atomic E-state index is 12.3. The molecule has 0 unspecified atom stereocenters. The van der Waals surface area contributed by atoms with Crippen molar-refractivity contribution in [2.75, 3.05) is 25.1 Å². The van der Waals surface area contributed by atoms with Gasteiger partial charge >= 0.3 is 0 Å². The van der Waals surface area contributed by atoms with Gasteiger partial charge in [-0.05, 0) is 22.9 Å². The zero-order chi connectivity index (χ0) is 16.4. The molecule has 0 saturated carbocycles. The fourth-order valence-electron chi connectivity index (χ4n) is 2.35. The van der Waals surface area contributed by atoms with Gasteiger partial charge in [-0.1, -0.05) is 23.5 Å². The summed E-state index contributed by atoms with van der Waals surface area (Å²) in [6.07, 6.45) is -0.571. The van der Waals surface area contributed by atoms with Crippen molar-refractivity contribution in [2.24, 2.45) is 0 Å². The minimum absolute atomic E-state index is 0.209. The van der Waals surface area contributed by atoms with Crippen molar-refractivity contribution in [2.45, 2.75) is 6.10 Å². The highest BCUT2D eigenvalue weighted by atomic mass is 32.1. The number of nitrogens with zero attached hydrogens (tertiary/aromatic N) is 1. The third-order valence-electron chi connectivity index (χ3n) is 3.47. The van der Waals surface area contributed by atoms with Gasteiger partial charge in [0.15, 0.2) is 11.2 Å². The fourth-order valence-corrected chi connectivity index (χ4v) is 4.98. The van der Waals surface area contributed by atoms with Crippen LogP contribution >= 0.6 is 34.0 Å². The Balaban J connectivity index is 1.62. The van der Waals surface area contributed by atoms with E-state index in [-0.39, 0.29) is 12.5 Å². The van der Waals surface area contributed by atoms with Gasteiger partial charge in [-0.15, -0.1) is 22.7 Å². The molecule has 8 heteroatoms. The van der Waals surface area contributed by atoms with Crippen LogP contribution in [0.4, 0.5) is 5.13 Å². The van der Waals surface area contributed by atoms with Crippen LogP contribution in [0.3, 0.4) is 0 Å². The van der Waals surface area contributed by atoms with Gasteiger partial charge in [-0.2, -0.15) is 0 Å². The third-order valence-corrected chi connectivity index (χ3v) is 6.36. The van der Waals surface area contributed by atoms with Crippen LogP contribution in [0.1, 0.15) is 0 Å². The molecule has 3 aromatic rings. The topological polar surface area (TPSA) is 60.5 Å². The largest absolute Gasteiger partial charge is 0.376 e. The van der Waals surface area contributed by atoms with Crippen molar-refractivity contribution >= 4 is 45.0 Å². The SMILES string of the molecule is O=C(Nc1nc(-c2cccs2)c(-c2cccs2)s1)[C@H]1COCCO1. The van der Waals surface area contributed by atoms with Gasteiger partial charge in [-0.25, -0.2) is 4.98 Å². The van der Waals surface area contributed by atoms with E-state index in [2.05, 4.69) is 16.4 Å². The van der Waals surface area contributed by atoms with E-state index in [1.165, 1.54) is 11.3 Å². The molecule has 0 radical (unpaired) electrons. The van der Waals surface area contributed by atoms with Crippen LogP contribution in [0.25, 0.3) is 20.3 Å². The van der Waals surface area contributed by atoms with E-state index in [1.807, 2.05) is 29.0 Å². The van der Waals surface area contributed by atoms with E-state index in [0.717, 1.165) is 20.3 Å². The lowest BCUT2D eigenvalue weighted by Gasteiger charge is -2.21. The Labute approximate surface area is 150 Å². The van der Waals surface area contributed by atoms with E-state index in [0.29, 0.717) is 18.3 Å². The Bertz CT molecular complexity index is 754. The van der Waals surface area contributed by atoms with E-state index >= 15 is 0 Å². The monoisotopic (exact) mass is 378 g/mol. The maximum Gasteiger partial charge on any atom is 0.257 e. The fraction of sp³-hybridized carbons (Fsp3) is 0.250. The minimum atomic E-state index is -0.571. The number of hydrogen-bond donors (Lipinski definition) is 1. The number of ether oxygens (including phenoxy) is 2. The molecule has 124 valence electrons. The number of carbonyl (C=O) groups excluding carboxylic acids is 1. The van der Waals surface area contributed by atoms with Gasteiger partial charge < -0.3 is 9.47 Å². The van der Waals surface area contributed by atoms with Crippen molar-refractivity contribution < 1.29 is 14.3 Å². The first-order valence-electron chi connectivity index (χ1n) is 7.40. The molecule has 24 heavy (non-hydrogen) atoms. The van der Waals surface area contributed by atoms with Gasteiger partial charge in [0.05, 0.1) is 29.6 Å². The van der Waals surface area contributed by atoms with Crippen molar-refractivity contribution in [1.29, 1.82) is 0 Å². The number of amides is 1. The first-order valence-corrected chi connectivity index (χ1v) is 9.97. The molecule has 0 bridgehead atoms. The van der Waals surface area contributed by atoms with Gasteiger partial charge in [0.2, 0.25) is 0 Å². The molecular formula is C16H14N2O3S3. The molecule has 4 rings (SSSR count). The van der Waals surface area contributed by atoms with Crippen LogP contribution in [-0.2, 0) is 14.3 Å². The smallest absolute Gasteiger partial charge is 0.257 e. The maximum absolute atomic E-state index is 12.3. The van der Waals surface area contributed by atoms with Crippen LogP contribution in [0, 0.1) is 0 Å². The number of carbonyl (C=O) groups is 1. The lowest BCUT2D eigenvalue weighted by molar-refractivity contribution is -0.142. The van der Waals surface area contributed by atoms with Crippen LogP contribution < -0.4 is 5.32 Å². The quantitative estimate of drug-likeness (QED) is 0.747. The lowest BCUT2D eigenvalue weighted by Crippen LogP contribution is -2.39. The van der Waals surface area contributed by atoms with E-state index < -0.39 is 6.10 Å². The highest BCUT2D eigenvalue weighted by Crippen LogP contribution is 2.42. The zero-order valence-electron chi connectivity index (χ0n) is 12.6. The Hall–Kier alpha value is -1.58. The molecule has 0 aromatic carbocycles. The number of rotatable bonds is 4. The second kappa shape index (κ2) is 7.12. The Morgan fingerprint density at radius 2 is 1.96 bits per heavy atom. The van der Waals surface area contributed by atoms with Crippen molar-refractivity contribution in [3.05, 3.63) is 35.0 Å². The molecule has 1 amide bonds.